The number of hydrogen-bond donors (Lipinski definition) is 4. The van der Waals surface area contributed by atoms with Crippen molar-refractivity contribution in [3.05, 3.63) is 84.1 Å². The van der Waals surface area contributed by atoms with Crippen LogP contribution in [0.15, 0.2) is 76.1 Å². The van der Waals surface area contributed by atoms with E-state index in [1.807, 2.05) is 24.3 Å². The average Bonchev–Trinajstić information content (AvgIpc) is 3.03. The maximum absolute atomic E-state index is 15.2. The number of hydrogen-bond acceptors (Lipinski definition) is 9. The Morgan fingerprint density at radius 3 is 2.30 bits per heavy atom. The molecule has 0 fully saturated rings. The highest BCUT2D eigenvalue weighted by atomic mass is 32.2. The minimum atomic E-state index is -4.77. The molecule has 12 nitrogen and oxygen atoms in total. The second-order valence-corrected chi connectivity index (χ2v) is 13.2. The average molecular weight is 721 g/mol. The fourth-order valence-corrected chi connectivity index (χ4v) is 5.39. The van der Waals surface area contributed by atoms with Crippen molar-refractivity contribution in [3.8, 4) is 11.1 Å². The van der Waals surface area contributed by atoms with Crippen LogP contribution in [-0.4, -0.2) is 71.2 Å². The number of urea groups is 1. The Morgan fingerprint density at radius 2 is 1.66 bits per heavy atom. The lowest BCUT2D eigenvalue weighted by molar-refractivity contribution is -0.137. The number of anilines is 5. The molecule has 266 valence electrons. The molecule has 1 heterocycles. The van der Waals surface area contributed by atoms with Crippen LogP contribution in [0.2, 0.25) is 0 Å². The molecule has 0 aliphatic carbocycles. The number of benzene rings is 3. The largest absolute Gasteiger partial charge is 0.448 e. The number of aromatic nitrogens is 2. The van der Waals surface area contributed by atoms with Crippen molar-refractivity contribution in [2.75, 3.05) is 61.3 Å². The molecule has 0 saturated carbocycles. The first-order valence-electron chi connectivity index (χ1n) is 14.8. The zero-order valence-corrected chi connectivity index (χ0v) is 28.0. The van der Waals surface area contributed by atoms with E-state index >= 15 is 4.39 Å². The number of alkyl halides is 3. The molecule has 0 radical (unpaired) electrons. The fraction of sp³-hybridized carbons (Fsp3) is 0.250. The quantitative estimate of drug-likeness (QED) is 0.116. The van der Waals surface area contributed by atoms with Gasteiger partial charge in [0.25, 0.3) is 0 Å². The Kier molecular flexibility index (Phi) is 11.9. The standard InChI is InChI=1S/C32H33F5N8O4S/c1-5-49-31(47)44-50(4,48)22-10-8-21(9-11-22)40-29-39-18-23(28(43-29)38-14-15-45(2)3)19-6-13-26(25(34)16-19)41-30(46)42-27-17-20(32(35,36)37)7-12-24(27)33/h6-13,16-18H,5,14-15H2,1-4H3,(H2,41,42,46)(H2,38,39,40,43). The Morgan fingerprint density at radius 1 is 0.960 bits per heavy atom. The molecule has 50 heavy (non-hydrogen) atoms. The first-order chi connectivity index (χ1) is 23.5. The molecule has 4 rings (SSSR count). The molecule has 4 aromatic rings. The Bertz CT molecular complexity index is 1980. The number of rotatable bonds is 11. The molecular formula is C32H33F5N8O4S. The third-order valence-electron chi connectivity index (χ3n) is 6.77. The van der Waals surface area contributed by atoms with Gasteiger partial charge >= 0.3 is 18.3 Å². The first kappa shape index (κ1) is 37.5. The molecule has 4 N–H and O–H groups in total. The van der Waals surface area contributed by atoms with Crippen molar-refractivity contribution in [3.63, 3.8) is 0 Å². The number of likely N-dealkylation sites (N-methyl/N-ethyl adjacent to an activating group) is 1. The number of amides is 3. The smallest absolute Gasteiger partial charge is 0.442 e. The van der Waals surface area contributed by atoms with E-state index in [4.69, 9.17) is 4.74 Å². The summed E-state index contributed by atoms with van der Waals surface area (Å²) in [5.41, 5.74) is -0.987. The Balaban J connectivity index is 1.54. The third kappa shape index (κ3) is 10.1. The van der Waals surface area contributed by atoms with Crippen molar-refractivity contribution in [2.45, 2.75) is 18.0 Å². The van der Waals surface area contributed by atoms with Crippen LogP contribution in [0.4, 0.5) is 60.4 Å². The van der Waals surface area contributed by atoms with E-state index in [2.05, 4.69) is 30.3 Å². The van der Waals surface area contributed by atoms with Crippen molar-refractivity contribution in [2.24, 2.45) is 4.36 Å². The van der Waals surface area contributed by atoms with E-state index in [-0.39, 0.29) is 18.2 Å². The van der Waals surface area contributed by atoms with Gasteiger partial charge in [0.15, 0.2) is 0 Å². The van der Waals surface area contributed by atoms with Crippen molar-refractivity contribution in [1.29, 1.82) is 0 Å². The molecule has 1 atom stereocenters. The summed E-state index contributed by atoms with van der Waals surface area (Å²) >= 11 is 0. The van der Waals surface area contributed by atoms with Crippen LogP contribution >= 0.6 is 0 Å². The lowest BCUT2D eigenvalue weighted by Crippen LogP contribution is -2.21. The van der Waals surface area contributed by atoms with Crippen molar-refractivity contribution in [1.82, 2.24) is 14.9 Å². The zero-order chi connectivity index (χ0) is 36.6. The van der Waals surface area contributed by atoms with Crippen molar-refractivity contribution < 1.29 is 40.5 Å². The Labute approximate surface area is 284 Å². The van der Waals surface area contributed by atoms with E-state index in [1.54, 1.807) is 19.1 Å². The monoisotopic (exact) mass is 720 g/mol. The molecule has 1 unspecified atom stereocenters. The van der Waals surface area contributed by atoms with Gasteiger partial charge in [-0.1, -0.05) is 6.07 Å². The molecular weight excluding hydrogens is 687 g/mol. The van der Waals surface area contributed by atoms with E-state index < -0.39 is 50.9 Å². The topological polar surface area (TPSA) is 150 Å². The summed E-state index contributed by atoms with van der Waals surface area (Å²) in [5, 5.41) is 10.4. The predicted octanol–water partition coefficient (Wildman–Crippen LogP) is 7.41. The number of nitrogens with zero attached hydrogens (tertiary/aromatic N) is 4. The molecule has 3 aromatic carbocycles. The fourth-order valence-electron chi connectivity index (χ4n) is 4.31. The number of carbonyl (C=O) groups is 2. The summed E-state index contributed by atoms with van der Waals surface area (Å²) < 4.78 is 89.7. The zero-order valence-electron chi connectivity index (χ0n) is 27.2. The highest BCUT2D eigenvalue weighted by Crippen LogP contribution is 2.33. The molecule has 0 saturated heterocycles. The highest BCUT2D eigenvalue weighted by Gasteiger charge is 2.31. The van der Waals surface area contributed by atoms with Crippen LogP contribution in [0.3, 0.4) is 0 Å². The minimum absolute atomic E-state index is 0.0973. The van der Waals surface area contributed by atoms with Gasteiger partial charge in [0.05, 0.1) is 33.3 Å². The van der Waals surface area contributed by atoms with Gasteiger partial charge in [-0.25, -0.2) is 27.6 Å². The first-order valence-corrected chi connectivity index (χ1v) is 16.7. The van der Waals surface area contributed by atoms with E-state index in [0.29, 0.717) is 58.8 Å². The van der Waals surface area contributed by atoms with Crippen molar-refractivity contribution >= 4 is 50.7 Å². The van der Waals surface area contributed by atoms with Gasteiger partial charge in [0.1, 0.15) is 17.5 Å². The molecule has 0 bridgehead atoms. The van der Waals surface area contributed by atoms with Crippen LogP contribution in [0.5, 0.6) is 0 Å². The molecule has 0 spiro atoms. The second-order valence-electron chi connectivity index (χ2n) is 10.9. The number of nitrogens with one attached hydrogen (secondary N) is 4. The van der Waals surface area contributed by atoms with Crippen LogP contribution in [-0.2, 0) is 20.6 Å². The Hall–Kier alpha value is -5.36. The van der Waals surface area contributed by atoms with Crippen LogP contribution in [0.25, 0.3) is 11.1 Å². The SMILES string of the molecule is CCOC(=O)N=S(C)(=O)c1ccc(Nc2ncc(-c3ccc(NC(=O)Nc4cc(C(F)(F)F)ccc4F)c(F)c3)c(NCCN(C)C)n2)cc1. The van der Waals surface area contributed by atoms with Gasteiger partial charge in [-0.2, -0.15) is 18.2 Å². The molecule has 18 heteroatoms. The van der Waals surface area contributed by atoms with Crippen LogP contribution < -0.4 is 21.3 Å². The summed E-state index contributed by atoms with van der Waals surface area (Å²) in [5.74, 6) is -1.50. The van der Waals surface area contributed by atoms with Gasteiger partial charge in [-0.3, -0.25) is 0 Å². The maximum atomic E-state index is 15.2. The number of ether oxygens (including phenoxy) is 1. The van der Waals surface area contributed by atoms with Gasteiger partial charge in [-0.15, -0.1) is 4.36 Å². The molecule has 3 amide bonds. The number of halogens is 5. The molecule has 0 aliphatic heterocycles. The van der Waals surface area contributed by atoms with Gasteiger partial charge < -0.3 is 30.9 Å². The molecule has 1 aromatic heterocycles. The predicted molar refractivity (Wildman–Crippen MR) is 180 cm³/mol. The maximum Gasteiger partial charge on any atom is 0.442 e. The van der Waals surface area contributed by atoms with Gasteiger partial charge in [0.2, 0.25) is 5.95 Å². The van der Waals surface area contributed by atoms with Crippen LogP contribution in [0, 0.1) is 11.6 Å². The van der Waals surface area contributed by atoms with E-state index in [0.717, 1.165) is 6.07 Å². The van der Waals surface area contributed by atoms with E-state index in [9.17, 15) is 31.4 Å². The summed E-state index contributed by atoms with van der Waals surface area (Å²) in [6, 6.07) is 10.4. The summed E-state index contributed by atoms with van der Waals surface area (Å²) in [7, 11) is 0.713. The summed E-state index contributed by atoms with van der Waals surface area (Å²) in [6.45, 7) is 2.79. The number of carbonyl (C=O) groups excluding carboxylic acids is 2. The summed E-state index contributed by atoms with van der Waals surface area (Å²) in [4.78, 5) is 35.3. The second kappa shape index (κ2) is 15.9. The normalized spacial score (nSPS) is 12.5. The lowest BCUT2D eigenvalue weighted by Gasteiger charge is -2.16. The highest BCUT2D eigenvalue weighted by molar-refractivity contribution is 7.93. The van der Waals surface area contributed by atoms with Crippen LogP contribution in [0.1, 0.15) is 12.5 Å². The van der Waals surface area contributed by atoms with E-state index in [1.165, 1.54) is 36.7 Å². The molecule has 0 aliphatic rings. The van der Waals surface area contributed by atoms with Gasteiger partial charge in [-0.05, 0) is 81.2 Å². The summed E-state index contributed by atoms with van der Waals surface area (Å²) in [6.07, 6.45) is -2.92. The minimum Gasteiger partial charge on any atom is -0.448 e. The third-order valence-corrected chi connectivity index (χ3v) is 8.42. The lowest BCUT2D eigenvalue weighted by atomic mass is 10.1. The van der Waals surface area contributed by atoms with Gasteiger partial charge in [0, 0.05) is 41.7 Å².